The van der Waals surface area contributed by atoms with Gasteiger partial charge in [0.25, 0.3) is 0 Å². The second-order valence-corrected chi connectivity index (χ2v) is 4.72. The maximum absolute atomic E-state index is 5.39. The van der Waals surface area contributed by atoms with Gasteiger partial charge in [0.2, 0.25) is 0 Å². The number of aromatic nitrogens is 2. The summed E-state index contributed by atoms with van der Waals surface area (Å²) >= 11 is 3.44. The van der Waals surface area contributed by atoms with Gasteiger partial charge in [0.05, 0.1) is 18.4 Å². The Bertz CT molecular complexity index is 570. The molecule has 0 fully saturated rings. The lowest BCUT2D eigenvalue weighted by Crippen LogP contribution is -1.98. The van der Waals surface area contributed by atoms with Crippen molar-refractivity contribution in [3.8, 4) is 17.1 Å². The normalized spacial score (nSPS) is 10.4. The fourth-order valence-corrected chi connectivity index (χ4v) is 2.29. The molecule has 0 aliphatic rings. The molecule has 1 aromatic heterocycles. The number of nitrogens with zero attached hydrogens (tertiary/aromatic N) is 2. The topological polar surface area (TPSA) is 35.0 Å². The molecule has 0 atom stereocenters. The molecule has 94 valence electrons. The lowest BCUT2D eigenvalue weighted by atomic mass is 10.1. The summed E-state index contributed by atoms with van der Waals surface area (Å²) in [6.07, 6.45) is 1.85. The van der Waals surface area contributed by atoms with E-state index in [1.54, 1.807) is 7.11 Å². The van der Waals surface area contributed by atoms with Crippen molar-refractivity contribution in [1.82, 2.24) is 9.97 Å². The van der Waals surface area contributed by atoms with E-state index in [1.807, 2.05) is 38.2 Å². The maximum Gasteiger partial charge on any atom is 0.163 e. The Morgan fingerprint density at radius 2 is 2.06 bits per heavy atom. The van der Waals surface area contributed by atoms with Crippen LogP contribution < -0.4 is 4.74 Å². The summed E-state index contributed by atoms with van der Waals surface area (Å²) in [4.78, 5) is 8.94. The number of halogens is 1. The lowest BCUT2D eigenvalue weighted by molar-refractivity contribution is 0.416. The van der Waals surface area contributed by atoms with Crippen LogP contribution in [-0.4, -0.2) is 17.1 Å². The number of hydrogen-bond donors (Lipinski definition) is 0. The third-order valence-corrected chi connectivity index (χ3v) is 3.33. The van der Waals surface area contributed by atoms with Gasteiger partial charge in [-0.05, 0) is 37.1 Å². The molecule has 0 radical (unpaired) electrons. The third-order valence-electron chi connectivity index (χ3n) is 2.80. The van der Waals surface area contributed by atoms with Gasteiger partial charge in [0.1, 0.15) is 5.75 Å². The summed E-state index contributed by atoms with van der Waals surface area (Å²) < 4.78 is 5.39. The van der Waals surface area contributed by atoms with E-state index in [1.165, 1.54) is 0 Å². The highest BCUT2D eigenvalue weighted by molar-refractivity contribution is 9.08. The summed E-state index contributed by atoms with van der Waals surface area (Å²) in [5.74, 6) is 1.51. The first-order valence-corrected chi connectivity index (χ1v) is 6.81. The predicted octanol–water partition coefficient (Wildman–Crippen LogP) is 3.66. The smallest absolute Gasteiger partial charge is 0.163 e. The standard InChI is InChI=1S/C14H15BrN2O/c1-9-4-5-11(13(6-9)18-3)14-16-8-10(2)12(7-15)17-14/h4-6,8H,7H2,1-3H3. The Morgan fingerprint density at radius 3 is 2.72 bits per heavy atom. The number of ether oxygens (including phenoxy) is 1. The van der Waals surface area contributed by atoms with Crippen LogP contribution in [0, 0.1) is 13.8 Å². The first-order valence-electron chi connectivity index (χ1n) is 5.69. The van der Waals surface area contributed by atoms with Crippen LogP contribution in [0.15, 0.2) is 24.4 Å². The van der Waals surface area contributed by atoms with Gasteiger partial charge in [-0.3, -0.25) is 0 Å². The maximum atomic E-state index is 5.39. The molecule has 0 bridgehead atoms. The Labute approximate surface area is 115 Å². The summed E-state index contributed by atoms with van der Waals surface area (Å²) in [6, 6.07) is 6.03. The Hall–Kier alpha value is -1.42. The van der Waals surface area contributed by atoms with E-state index < -0.39 is 0 Å². The second kappa shape index (κ2) is 5.48. The first-order chi connectivity index (χ1) is 8.65. The zero-order valence-corrected chi connectivity index (χ0v) is 12.3. The number of alkyl halides is 1. The highest BCUT2D eigenvalue weighted by Crippen LogP contribution is 2.28. The summed E-state index contributed by atoms with van der Waals surface area (Å²) in [5, 5.41) is 0.725. The quantitative estimate of drug-likeness (QED) is 0.812. The molecule has 4 heteroatoms. The van der Waals surface area contributed by atoms with Crippen molar-refractivity contribution >= 4 is 15.9 Å². The average molecular weight is 307 g/mol. The largest absolute Gasteiger partial charge is 0.496 e. The molecule has 0 aliphatic carbocycles. The minimum absolute atomic E-state index is 0.701. The van der Waals surface area contributed by atoms with E-state index >= 15 is 0 Å². The van der Waals surface area contributed by atoms with Crippen molar-refractivity contribution < 1.29 is 4.74 Å². The van der Waals surface area contributed by atoms with E-state index in [-0.39, 0.29) is 0 Å². The molecular formula is C14H15BrN2O. The van der Waals surface area contributed by atoms with Crippen LogP contribution in [0.5, 0.6) is 5.75 Å². The Kier molecular flexibility index (Phi) is 3.97. The molecule has 2 rings (SSSR count). The molecule has 2 aromatic rings. The van der Waals surface area contributed by atoms with Crippen molar-refractivity contribution in [1.29, 1.82) is 0 Å². The van der Waals surface area contributed by atoms with E-state index in [0.29, 0.717) is 5.82 Å². The monoisotopic (exact) mass is 306 g/mol. The highest BCUT2D eigenvalue weighted by atomic mass is 79.9. The van der Waals surface area contributed by atoms with Gasteiger partial charge < -0.3 is 4.74 Å². The molecular weight excluding hydrogens is 292 g/mol. The van der Waals surface area contributed by atoms with E-state index in [2.05, 4.69) is 25.9 Å². The van der Waals surface area contributed by atoms with Crippen LogP contribution in [-0.2, 0) is 5.33 Å². The molecule has 0 saturated heterocycles. The zero-order chi connectivity index (χ0) is 13.1. The number of rotatable bonds is 3. The molecule has 1 heterocycles. The third kappa shape index (κ3) is 2.53. The lowest BCUT2D eigenvalue weighted by Gasteiger charge is -2.10. The molecule has 0 spiro atoms. The molecule has 0 saturated carbocycles. The van der Waals surface area contributed by atoms with Crippen LogP contribution >= 0.6 is 15.9 Å². The van der Waals surface area contributed by atoms with Gasteiger partial charge in [-0.25, -0.2) is 9.97 Å². The summed E-state index contributed by atoms with van der Waals surface area (Å²) in [7, 11) is 1.66. The van der Waals surface area contributed by atoms with Crippen LogP contribution in [0.2, 0.25) is 0 Å². The molecule has 0 N–H and O–H groups in total. The molecule has 0 aliphatic heterocycles. The molecule has 3 nitrogen and oxygen atoms in total. The van der Waals surface area contributed by atoms with Crippen molar-refractivity contribution in [2.45, 2.75) is 19.2 Å². The van der Waals surface area contributed by atoms with Gasteiger partial charge >= 0.3 is 0 Å². The van der Waals surface area contributed by atoms with Gasteiger partial charge in [0, 0.05) is 11.5 Å². The molecule has 0 unspecified atom stereocenters. The number of benzene rings is 1. The van der Waals surface area contributed by atoms with Gasteiger partial charge in [0.15, 0.2) is 5.82 Å². The molecule has 0 amide bonds. The van der Waals surface area contributed by atoms with Gasteiger partial charge in [-0.2, -0.15) is 0 Å². The Balaban J connectivity index is 2.54. The highest BCUT2D eigenvalue weighted by Gasteiger charge is 2.10. The van der Waals surface area contributed by atoms with Gasteiger partial charge in [-0.15, -0.1) is 0 Å². The van der Waals surface area contributed by atoms with E-state index in [4.69, 9.17) is 4.74 Å². The van der Waals surface area contributed by atoms with Crippen LogP contribution in [0.25, 0.3) is 11.4 Å². The fourth-order valence-electron chi connectivity index (χ4n) is 1.73. The average Bonchev–Trinajstić information content (AvgIpc) is 2.39. The number of hydrogen-bond acceptors (Lipinski definition) is 3. The number of aryl methyl sites for hydroxylation is 2. The zero-order valence-electron chi connectivity index (χ0n) is 10.7. The SMILES string of the molecule is COc1cc(C)ccc1-c1ncc(C)c(CBr)n1. The van der Waals surface area contributed by atoms with E-state index in [9.17, 15) is 0 Å². The predicted molar refractivity (Wildman–Crippen MR) is 76.1 cm³/mol. The van der Waals surface area contributed by atoms with Crippen molar-refractivity contribution in [2.75, 3.05) is 7.11 Å². The minimum atomic E-state index is 0.701. The van der Waals surface area contributed by atoms with Crippen LogP contribution in [0.3, 0.4) is 0 Å². The Morgan fingerprint density at radius 1 is 1.28 bits per heavy atom. The second-order valence-electron chi connectivity index (χ2n) is 4.16. The van der Waals surface area contributed by atoms with Crippen molar-refractivity contribution in [2.24, 2.45) is 0 Å². The first kappa shape index (κ1) is 13.0. The molecule has 1 aromatic carbocycles. The summed E-state index contributed by atoms with van der Waals surface area (Å²) in [5.41, 5.74) is 4.16. The minimum Gasteiger partial charge on any atom is -0.496 e. The van der Waals surface area contributed by atoms with E-state index in [0.717, 1.165) is 33.5 Å². The van der Waals surface area contributed by atoms with Gasteiger partial charge in [-0.1, -0.05) is 22.0 Å². The summed E-state index contributed by atoms with van der Waals surface area (Å²) in [6.45, 7) is 4.04. The van der Waals surface area contributed by atoms with Crippen LogP contribution in [0.1, 0.15) is 16.8 Å². The number of methoxy groups -OCH3 is 1. The van der Waals surface area contributed by atoms with Crippen LogP contribution in [0.4, 0.5) is 0 Å². The fraction of sp³-hybridized carbons (Fsp3) is 0.286. The van der Waals surface area contributed by atoms with Crippen molar-refractivity contribution in [3.05, 3.63) is 41.2 Å². The van der Waals surface area contributed by atoms with Crippen molar-refractivity contribution in [3.63, 3.8) is 0 Å². The molecule has 18 heavy (non-hydrogen) atoms.